The fourth-order valence-corrected chi connectivity index (χ4v) is 2.95. The molecule has 0 aromatic carbocycles. The Morgan fingerprint density at radius 1 is 1.53 bits per heavy atom. The van der Waals surface area contributed by atoms with Crippen molar-refractivity contribution in [2.45, 2.75) is 45.1 Å². The predicted octanol–water partition coefficient (Wildman–Crippen LogP) is 2.52. The third-order valence-electron chi connectivity index (χ3n) is 3.16. The molecule has 1 aromatic heterocycles. The molecule has 1 aliphatic rings. The molecule has 94 valence electrons. The molecular formula is C12H17IN2O2. The summed E-state index contributed by atoms with van der Waals surface area (Å²) in [7, 11) is 0. The number of ether oxygens (including phenoxy) is 1. The van der Waals surface area contributed by atoms with E-state index < -0.39 is 5.60 Å². The number of hydrogen-bond acceptors (Lipinski definition) is 3. The first-order valence-electron chi connectivity index (χ1n) is 5.88. The fraction of sp³-hybridized carbons (Fsp3) is 0.667. The highest BCUT2D eigenvalue weighted by atomic mass is 127. The molecule has 0 radical (unpaired) electrons. The van der Waals surface area contributed by atoms with E-state index in [0.717, 1.165) is 25.1 Å². The second-order valence-corrected chi connectivity index (χ2v) is 6.03. The van der Waals surface area contributed by atoms with Gasteiger partial charge in [-0.2, -0.15) is 0 Å². The molecule has 1 aliphatic heterocycles. The van der Waals surface area contributed by atoms with Crippen LogP contribution < -0.4 is 5.56 Å². The van der Waals surface area contributed by atoms with Gasteiger partial charge in [-0.25, -0.2) is 4.98 Å². The van der Waals surface area contributed by atoms with E-state index in [2.05, 4.69) is 32.6 Å². The van der Waals surface area contributed by atoms with Crippen molar-refractivity contribution in [3.8, 4) is 0 Å². The van der Waals surface area contributed by atoms with Crippen LogP contribution in [0.5, 0.6) is 0 Å². The van der Waals surface area contributed by atoms with E-state index >= 15 is 0 Å². The Labute approximate surface area is 114 Å². The van der Waals surface area contributed by atoms with Gasteiger partial charge in [0.1, 0.15) is 11.4 Å². The Kier molecular flexibility index (Phi) is 3.58. The van der Waals surface area contributed by atoms with Gasteiger partial charge >= 0.3 is 0 Å². The molecule has 1 atom stereocenters. The summed E-state index contributed by atoms with van der Waals surface area (Å²) < 4.78 is 6.40. The molecule has 1 saturated heterocycles. The molecule has 1 N–H and O–H groups in total. The Morgan fingerprint density at radius 2 is 2.24 bits per heavy atom. The zero-order chi connectivity index (χ0) is 12.6. The van der Waals surface area contributed by atoms with Crippen molar-refractivity contribution in [2.75, 3.05) is 6.61 Å². The first-order chi connectivity index (χ1) is 7.94. The molecule has 0 bridgehead atoms. The number of H-pyrrole nitrogens is 1. The Hall–Kier alpha value is -0.430. The fourth-order valence-electron chi connectivity index (χ4n) is 2.08. The Morgan fingerprint density at radius 3 is 2.76 bits per heavy atom. The Bertz CT molecular complexity index is 476. The normalized spacial score (nSPS) is 24.5. The molecule has 1 unspecified atom stereocenters. The smallest absolute Gasteiger partial charge is 0.264 e. The maximum Gasteiger partial charge on any atom is 0.264 e. The summed E-state index contributed by atoms with van der Waals surface area (Å²) >= 11 is 2.06. The summed E-state index contributed by atoms with van der Waals surface area (Å²) in [6.45, 7) is 6.83. The highest BCUT2D eigenvalue weighted by Crippen LogP contribution is 2.33. The van der Waals surface area contributed by atoms with Gasteiger partial charge in [-0.1, -0.05) is 13.8 Å². The van der Waals surface area contributed by atoms with E-state index in [1.807, 2.05) is 20.8 Å². The van der Waals surface area contributed by atoms with Crippen molar-refractivity contribution in [2.24, 2.45) is 0 Å². The number of nitrogens with one attached hydrogen (secondary N) is 1. The van der Waals surface area contributed by atoms with Crippen molar-refractivity contribution < 1.29 is 4.74 Å². The second-order valence-electron chi connectivity index (χ2n) is 4.95. The summed E-state index contributed by atoms with van der Waals surface area (Å²) in [4.78, 5) is 19.4. The molecule has 0 spiro atoms. The van der Waals surface area contributed by atoms with Crippen molar-refractivity contribution in [1.82, 2.24) is 9.97 Å². The van der Waals surface area contributed by atoms with Gasteiger partial charge in [-0.15, -0.1) is 0 Å². The standard InChI is InChI=1S/C12H17IN2O2/c1-7(2)9-8(13)10(16)15-11(14-9)12(3)5-4-6-17-12/h7H,4-6H2,1-3H3,(H,14,15,16). The highest BCUT2D eigenvalue weighted by molar-refractivity contribution is 14.1. The lowest BCUT2D eigenvalue weighted by molar-refractivity contribution is 0.00886. The van der Waals surface area contributed by atoms with Crippen LogP contribution in [-0.4, -0.2) is 16.6 Å². The SMILES string of the molecule is CC(C)c1nc(C2(C)CCCO2)[nH]c(=O)c1I. The van der Waals surface area contributed by atoms with E-state index in [-0.39, 0.29) is 11.5 Å². The number of rotatable bonds is 2. The lowest BCUT2D eigenvalue weighted by Crippen LogP contribution is -2.29. The van der Waals surface area contributed by atoms with Crippen LogP contribution in [0, 0.1) is 3.57 Å². The average Bonchev–Trinajstić information content (AvgIpc) is 2.69. The predicted molar refractivity (Wildman–Crippen MR) is 74.2 cm³/mol. The molecular weight excluding hydrogens is 331 g/mol. The summed E-state index contributed by atoms with van der Waals surface area (Å²) in [6, 6.07) is 0. The largest absolute Gasteiger partial charge is 0.367 e. The van der Waals surface area contributed by atoms with Crippen LogP contribution in [0.15, 0.2) is 4.79 Å². The van der Waals surface area contributed by atoms with Crippen LogP contribution in [0.4, 0.5) is 0 Å². The third-order valence-corrected chi connectivity index (χ3v) is 4.20. The molecule has 0 saturated carbocycles. The molecule has 4 nitrogen and oxygen atoms in total. The number of nitrogens with zero attached hydrogens (tertiary/aromatic N) is 1. The van der Waals surface area contributed by atoms with Gasteiger partial charge in [0.05, 0.1) is 9.26 Å². The molecule has 2 heterocycles. The quantitative estimate of drug-likeness (QED) is 0.836. The molecule has 0 amide bonds. The number of aromatic amines is 1. The maximum absolute atomic E-state index is 11.9. The monoisotopic (exact) mass is 348 g/mol. The minimum Gasteiger partial charge on any atom is -0.367 e. The van der Waals surface area contributed by atoms with Gasteiger partial charge in [-0.3, -0.25) is 4.79 Å². The molecule has 17 heavy (non-hydrogen) atoms. The topological polar surface area (TPSA) is 55.0 Å². The zero-order valence-corrected chi connectivity index (χ0v) is 12.5. The van der Waals surface area contributed by atoms with E-state index in [1.54, 1.807) is 0 Å². The molecule has 0 aliphatic carbocycles. The van der Waals surface area contributed by atoms with E-state index in [0.29, 0.717) is 9.39 Å². The van der Waals surface area contributed by atoms with Crippen LogP contribution in [0.3, 0.4) is 0 Å². The minimum absolute atomic E-state index is 0.0592. The maximum atomic E-state index is 11.9. The summed E-state index contributed by atoms with van der Waals surface area (Å²) in [5, 5.41) is 0. The number of aromatic nitrogens is 2. The average molecular weight is 348 g/mol. The van der Waals surface area contributed by atoms with Crippen molar-refractivity contribution in [1.29, 1.82) is 0 Å². The molecule has 1 aromatic rings. The molecule has 5 heteroatoms. The minimum atomic E-state index is -0.423. The van der Waals surface area contributed by atoms with Crippen molar-refractivity contribution in [3.05, 3.63) is 25.4 Å². The Balaban J connectivity index is 2.53. The number of halogens is 1. The second kappa shape index (κ2) is 4.68. The molecule has 1 fully saturated rings. The summed E-state index contributed by atoms with van der Waals surface area (Å²) in [5.41, 5.74) is 0.379. The summed E-state index contributed by atoms with van der Waals surface area (Å²) in [6.07, 6.45) is 1.93. The molecule has 2 rings (SSSR count). The van der Waals surface area contributed by atoms with E-state index in [9.17, 15) is 4.79 Å². The van der Waals surface area contributed by atoms with Crippen LogP contribution in [-0.2, 0) is 10.3 Å². The first kappa shape index (κ1) is 13.0. The van der Waals surface area contributed by atoms with Crippen LogP contribution in [0.1, 0.15) is 51.0 Å². The number of hydrogen-bond donors (Lipinski definition) is 1. The van der Waals surface area contributed by atoms with Gasteiger partial charge in [-0.05, 0) is 48.3 Å². The van der Waals surface area contributed by atoms with Crippen LogP contribution in [0.2, 0.25) is 0 Å². The van der Waals surface area contributed by atoms with E-state index in [1.165, 1.54) is 0 Å². The first-order valence-corrected chi connectivity index (χ1v) is 6.96. The lowest BCUT2D eigenvalue weighted by atomic mass is 10.0. The van der Waals surface area contributed by atoms with Crippen molar-refractivity contribution >= 4 is 22.6 Å². The van der Waals surface area contributed by atoms with Crippen LogP contribution >= 0.6 is 22.6 Å². The third kappa shape index (κ3) is 2.40. The van der Waals surface area contributed by atoms with E-state index in [4.69, 9.17) is 4.74 Å². The van der Waals surface area contributed by atoms with Crippen LogP contribution in [0.25, 0.3) is 0 Å². The highest BCUT2D eigenvalue weighted by Gasteiger charge is 2.35. The zero-order valence-electron chi connectivity index (χ0n) is 10.3. The van der Waals surface area contributed by atoms with Gasteiger partial charge in [0.2, 0.25) is 0 Å². The van der Waals surface area contributed by atoms with Gasteiger partial charge < -0.3 is 9.72 Å². The van der Waals surface area contributed by atoms with Gasteiger partial charge in [0, 0.05) is 6.61 Å². The summed E-state index contributed by atoms with van der Waals surface area (Å²) in [5.74, 6) is 0.914. The van der Waals surface area contributed by atoms with Gasteiger partial charge in [0.15, 0.2) is 0 Å². The van der Waals surface area contributed by atoms with Gasteiger partial charge in [0.25, 0.3) is 5.56 Å². The van der Waals surface area contributed by atoms with Crippen molar-refractivity contribution in [3.63, 3.8) is 0 Å². The lowest BCUT2D eigenvalue weighted by Gasteiger charge is -2.23.